The van der Waals surface area contributed by atoms with Crippen LogP contribution < -0.4 is 4.74 Å². The number of rotatable bonds is 3. The molecule has 0 aliphatic rings. The third-order valence-electron chi connectivity index (χ3n) is 2.54. The van der Waals surface area contributed by atoms with Crippen LogP contribution in [0.3, 0.4) is 0 Å². The number of hydrogen-bond acceptors (Lipinski definition) is 3. The summed E-state index contributed by atoms with van der Waals surface area (Å²) in [7, 11) is 0. The first kappa shape index (κ1) is 13.5. The fraction of sp³-hybridized carbons (Fsp3) is 0.0667. The third kappa shape index (κ3) is 3.09. The summed E-state index contributed by atoms with van der Waals surface area (Å²) in [5, 5.41) is 17.3. The average Bonchev–Trinajstić information content (AvgIpc) is 2.45. The quantitative estimate of drug-likeness (QED) is 0.859. The minimum absolute atomic E-state index is 0.0354. The standard InChI is InChI=1S/C15H8F2N2O/c16-13-4-11(8-19)3-12(5-13)9-20-15-2-1-10(7-18)6-14(15)17/h1-6H,9H2. The molecule has 0 unspecified atom stereocenters. The Morgan fingerprint density at radius 2 is 1.70 bits per heavy atom. The second kappa shape index (κ2) is 5.81. The van der Waals surface area contributed by atoms with Gasteiger partial charge in [-0.05, 0) is 42.0 Å². The zero-order valence-corrected chi connectivity index (χ0v) is 10.2. The van der Waals surface area contributed by atoms with Gasteiger partial charge in [-0.25, -0.2) is 8.78 Å². The van der Waals surface area contributed by atoms with Gasteiger partial charge in [0.25, 0.3) is 0 Å². The lowest BCUT2D eigenvalue weighted by Crippen LogP contribution is -1.99. The summed E-state index contributed by atoms with van der Waals surface area (Å²) in [6.07, 6.45) is 0. The first-order valence-corrected chi connectivity index (χ1v) is 5.64. The van der Waals surface area contributed by atoms with Crippen molar-refractivity contribution in [2.45, 2.75) is 6.61 Å². The maximum absolute atomic E-state index is 13.6. The Labute approximate surface area is 114 Å². The van der Waals surface area contributed by atoms with Crippen molar-refractivity contribution in [3.8, 4) is 17.9 Å². The van der Waals surface area contributed by atoms with Gasteiger partial charge in [0, 0.05) is 0 Å². The van der Waals surface area contributed by atoms with E-state index in [1.54, 1.807) is 0 Å². The van der Waals surface area contributed by atoms with Crippen molar-refractivity contribution in [1.29, 1.82) is 10.5 Å². The first-order valence-electron chi connectivity index (χ1n) is 5.64. The molecule has 0 aromatic heterocycles. The monoisotopic (exact) mass is 270 g/mol. The number of ether oxygens (including phenoxy) is 1. The van der Waals surface area contributed by atoms with E-state index >= 15 is 0 Å². The normalized spacial score (nSPS) is 9.60. The topological polar surface area (TPSA) is 56.8 Å². The van der Waals surface area contributed by atoms with Crippen LogP contribution in [-0.2, 0) is 6.61 Å². The van der Waals surface area contributed by atoms with Crippen molar-refractivity contribution >= 4 is 0 Å². The molecule has 0 bridgehead atoms. The molecule has 0 spiro atoms. The van der Waals surface area contributed by atoms with Crippen LogP contribution in [0.25, 0.3) is 0 Å². The molecule has 2 aromatic carbocycles. The van der Waals surface area contributed by atoms with Crippen molar-refractivity contribution in [2.24, 2.45) is 0 Å². The van der Waals surface area contributed by atoms with Crippen molar-refractivity contribution < 1.29 is 13.5 Å². The van der Waals surface area contributed by atoms with E-state index in [1.807, 2.05) is 12.1 Å². The van der Waals surface area contributed by atoms with Crippen LogP contribution in [0.15, 0.2) is 36.4 Å². The van der Waals surface area contributed by atoms with Gasteiger partial charge in [-0.3, -0.25) is 0 Å². The van der Waals surface area contributed by atoms with Crippen LogP contribution in [0.1, 0.15) is 16.7 Å². The van der Waals surface area contributed by atoms with E-state index < -0.39 is 11.6 Å². The number of hydrogen-bond donors (Lipinski definition) is 0. The smallest absolute Gasteiger partial charge is 0.166 e. The zero-order chi connectivity index (χ0) is 14.5. The average molecular weight is 270 g/mol. The molecule has 20 heavy (non-hydrogen) atoms. The summed E-state index contributed by atoms with van der Waals surface area (Å²) >= 11 is 0. The van der Waals surface area contributed by atoms with Gasteiger partial charge in [0.1, 0.15) is 12.4 Å². The molecule has 0 heterocycles. The molecule has 0 aliphatic heterocycles. The van der Waals surface area contributed by atoms with Crippen LogP contribution in [0, 0.1) is 34.3 Å². The van der Waals surface area contributed by atoms with E-state index in [1.165, 1.54) is 24.3 Å². The number of nitrogens with zero attached hydrogens (tertiary/aromatic N) is 2. The Morgan fingerprint density at radius 3 is 2.35 bits per heavy atom. The lowest BCUT2D eigenvalue weighted by Gasteiger charge is -2.08. The molecule has 0 atom stereocenters. The molecule has 2 aromatic rings. The van der Waals surface area contributed by atoms with Crippen molar-refractivity contribution in [3.05, 3.63) is 64.7 Å². The van der Waals surface area contributed by atoms with Crippen molar-refractivity contribution in [2.75, 3.05) is 0 Å². The maximum atomic E-state index is 13.6. The molecule has 0 saturated heterocycles. The summed E-state index contributed by atoms with van der Waals surface area (Å²) in [5.74, 6) is -1.25. The van der Waals surface area contributed by atoms with Gasteiger partial charge in [0.05, 0.1) is 23.3 Å². The highest BCUT2D eigenvalue weighted by Crippen LogP contribution is 2.20. The van der Waals surface area contributed by atoms with Crippen LogP contribution in [0.5, 0.6) is 5.75 Å². The summed E-state index contributed by atoms with van der Waals surface area (Å²) in [6.45, 7) is -0.0741. The molecule has 0 radical (unpaired) electrons. The number of halogens is 2. The van der Waals surface area contributed by atoms with Gasteiger partial charge >= 0.3 is 0 Å². The molecule has 0 saturated carbocycles. The van der Waals surface area contributed by atoms with E-state index in [9.17, 15) is 8.78 Å². The zero-order valence-electron chi connectivity index (χ0n) is 10.2. The fourth-order valence-electron chi connectivity index (χ4n) is 1.65. The summed E-state index contributed by atoms with van der Waals surface area (Å²) in [6, 6.07) is 11.2. The second-order valence-electron chi connectivity index (χ2n) is 4.01. The predicted octanol–water partition coefficient (Wildman–Crippen LogP) is 3.29. The molecule has 98 valence electrons. The van der Waals surface area contributed by atoms with E-state index in [4.69, 9.17) is 15.3 Å². The third-order valence-corrected chi connectivity index (χ3v) is 2.54. The van der Waals surface area contributed by atoms with Gasteiger partial charge in [0.15, 0.2) is 11.6 Å². The first-order chi connectivity index (χ1) is 9.62. The highest BCUT2D eigenvalue weighted by Gasteiger charge is 2.06. The molecule has 0 amide bonds. The summed E-state index contributed by atoms with van der Waals surface area (Å²) in [5.41, 5.74) is 0.779. The van der Waals surface area contributed by atoms with E-state index in [0.29, 0.717) is 5.56 Å². The van der Waals surface area contributed by atoms with Crippen LogP contribution in [0.2, 0.25) is 0 Å². The number of benzene rings is 2. The Balaban J connectivity index is 2.15. The molecule has 3 nitrogen and oxygen atoms in total. The highest BCUT2D eigenvalue weighted by atomic mass is 19.1. The lowest BCUT2D eigenvalue weighted by molar-refractivity contribution is 0.289. The van der Waals surface area contributed by atoms with Crippen molar-refractivity contribution in [1.82, 2.24) is 0 Å². The maximum Gasteiger partial charge on any atom is 0.166 e. The minimum atomic E-state index is -0.666. The molecule has 0 fully saturated rings. The summed E-state index contributed by atoms with van der Waals surface area (Å²) in [4.78, 5) is 0. The molecular formula is C15H8F2N2O. The molecular weight excluding hydrogens is 262 g/mol. The molecule has 0 N–H and O–H groups in total. The van der Waals surface area contributed by atoms with E-state index in [-0.39, 0.29) is 23.5 Å². The largest absolute Gasteiger partial charge is 0.486 e. The van der Waals surface area contributed by atoms with E-state index in [2.05, 4.69) is 0 Å². The molecule has 5 heteroatoms. The lowest BCUT2D eigenvalue weighted by atomic mass is 10.1. The number of nitriles is 2. The molecule has 2 rings (SSSR count). The Morgan fingerprint density at radius 1 is 0.950 bits per heavy atom. The van der Waals surface area contributed by atoms with Crippen molar-refractivity contribution in [3.63, 3.8) is 0 Å². The van der Waals surface area contributed by atoms with Crippen LogP contribution >= 0.6 is 0 Å². The van der Waals surface area contributed by atoms with Gasteiger partial charge in [-0.15, -0.1) is 0 Å². The van der Waals surface area contributed by atoms with Gasteiger partial charge in [0.2, 0.25) is 0 Å². The predicted molar refractivity (Wildman–Crippen MR) is 66.6 cm³/mol. The fourth-order valence-corrected chi connectivity index (χ4v) is 1.65. The second-order valence-corrected chi connectivity index (χ2v) is 4.01. The Kier molecular flexibility index (Phi) is 3.93. The Hall–Kier alpha value is -2.92. The SMILES string of the molecule is N#Cc1cc(F)cc(COc2ccc(C#N)cc2F)c1. The van der Waals surface area contributed by atoms with E-state index in [0.717, 1.165) is 12.1 Å². The van der Waals surface area contributed by atoms with Crippen LogP contribution in [-0.4, -0.2) is 0 Å². The summed E-state index contributed by atoms with van der Waals surface area (Å²) < 4.78 is 32.0. The Bertz CT molecular complexity index is 730. The van der Waals surface area contributed by atoms with Gasteiger partial charge in [-0.2, -0.15) is 10.5 Å². The minimum Gasteiger partial charge on any atom is -0.486 e. The van der Waals surface area contributed by atoms with Crippen LogP contribution in [0.4, 0.5) is 8.78 Å². The highest BCUT2D eigenvalue weighted by molar-refractivity contribution is 5.37. The molecule has 0 aliphatic carbocycles. The van der Waals surface area contributed by atoms with Gasteiger partial charge in [-0.1, -0.05) is 0 Å². The van der Waals surface area contributed by atoms with Gasteiger partial charge < -0.3 is 4.74 Å².